The Balaban J connectivity index is 1.90. The van der Waals surface area contributed by atoms with Crippen LogP contribution in [0.4, 0.5) is 0 Å². The van der Waals surface area contributed by atoms with E-state index in [1.165, 1.54) is 4.57 Å². The van der Waals surface area contributed by atoms with Gasteiger partial charge in [0.1, 0.15) is 0 Å². The van der Waals surface area contributed by atoms with Gasteiger partial charge in [0.2, 0.25) is 5.91 Å². The Morgan fingerprint density at radius 1 is 1.39 bits per heavy atom. The number of fused-ring (bicyclic) bond motifs is 1. The highest BCUT2D eigenvalue weighted by Gasteiger charge is 2.23. The number of thioether (sulfide) groups is 1. The number of nitrogens with one attached hydrogen (secondary N) is 1. The number of carboxylic acids is 1. The van der Waals surface area contributed by atoms with Crippen LogP contribution in [0.5, 0.6) is 0 Å². The van der Waals surface area contributed by atoms with Gasteiger partial charge in [-0.1, -0.05) is 36.2 Å². The molecule has 1 atom stereocenters. The summed E-state index contributed by atoms with van der Waals surface area (Å²) < 4.78 is 1.33. The molecule has 0 unspecified atom stereocenters. The number of halogens is 1. The van der Waals surface area contributed by atoms with E-state index < -0.39 is 11.2 Å². The van der Waals surface area contributed by atoms with Gasteiger partial charge in [-0.05, 0) is 38.0 Å². The molecule has 7 nitrogen and oxygen atoms in total. The Morgan fingerprint density at radius 2 is 2.11 bits per heavy atom. The van der Waals surface area contributed by atoms with E-state index in [9.17, 15) is 14.4 Å². The van der Waals surface area contributed by atoms with Gasteiger partial charge in [-0.2, -0.15) is 0 Å². The average molecular weight is 424 g/mol. The maximum Gasteiger partial charge on any atom is 0.305 e. The summed E-state index contributed by atoms with van der Waals surface area (Å²) in [4.78, 5) is 40.9. The van der Waals surface area contributed by atoms with E-state index >= 15 is 0 Å². The lowest BCUT2D eigenvalue weighted by atomic mass is 10.2. The Kier molecular flexibility index (Phi) is 6.61. The molecule has 1 aliphatic rings. The Hall–Kier alpha value is -2.06. The van der Waals surface area contributed by atoms with Crippen LogP contribution in [-0.4, -0.2) is 37.8 Å². The fourth-order valence-electron chi connectivity index (χ4n) is 3.27. The molecule has 28 heavy (non-hydrogen) atoms. The number of benzene rings is 1. The summed E-state index contributed by atoms with van der Waals surface area (Å²) in [5.41, 5.74) is 0.0868. The second kappa shape index (κ2) is 8.96. The van der Waals surface area contributed by atoms with Crippen molar-refractivity contribution < 1.29 is 14.7 Å². The third kappa shape index (κ3) is 4.86. The first-order chi connectivity index (χ1) is 13.3. The van der Waals surface area contributed by atoms with Crippen LogP contribution >= 0.6 is 23.4 Å². The number of amides is 1. The largest absolute Gasteiger partial charge is 0.481 e. The van der Waals surface area contributed by atoms with Gasteiger partial charge >= 0.3 is 5.97 Å². The van der Waals surface area contributed by atoms with Gasteiger partial charge in [-0.3, -0.25) is 19.0 Å². The van der Waals surface area contributed by atoms with Crippen LogP contribution in [0, 0.1) is 0 Å². The van der Waals surface area contributed by atoms with Crippen molar-refractivity contribution in [3.8, 4) is 0 Å². The van der Waals surface area contributed by atoms with Gasteiger partial charge in [0.25, 0.3) is 5.56 Å². The molecule has 1 fully saturated rings. The lowest BCUT2D eigenvalue weighted by molar-refractivity contribution is -0.137. The third-order valence-electron chi connectivity index (χ3n) is 4.78. The highest BCUT2D eigenvalue weighted by atomic mass is 35.5. The van der Waals surface area contributed by atoms with Gasteiger partial charge in [0.15, 0.2) is 5.16 Å². The van der Waals surface area contributed by atoms with Crippen LogP contribution in [0.25, 0.3) is 10.9 Å². The predicted molar refractivity (Wildman–Crippen MR) is 109 cm³/mol. The fraction of sp³-hybridized carbons (Fsp3) is 0.474. The quantitative estimate of drug-likeness (QED) is 0.524. The zero-order valence-electron chi connectivity index (χ0n) is 15.5. The Bertz CT molecular complexity index is 956. The summed E-state index contributed by atoms with van der Waals surface area (Å²) in [6, 6.07) is 4.97. The van der Waals surface area contributed by atoms with Gasteiger partial charge < -0.3 is 10.4 Å². The molecule has 0 bridgehead atoms. The van der Waals surface area contributed by atoms with Crippen molar-refractivity contribution in [1.82, 2.24) is 14.9 Å². The number of rotatable bonds is 7. The monoisotopic (exact) mass is 423 g/mol. The number of aromatic nitrogens is 2. The minimum absolute atomic E-state index is 0.0149. The van der Waals surface area contributed by atoms with E-state index in [0.717, 1.165) is 37.4 Å². The van der Waals surface area contributed by atoms with E-state index in [1.807, 2.05) is 0 Å². The molecule has 0 aliphatic heterocycles. The van der Waals surface area contributed by atoms with E-state index in [-0.39, 0.29) is 30.5 Å². The van der Waals surface area contributed by atoms with E-state index in [2.05, 4.69) is 10.3 Å². The van der Waals surface area contributed by atoms with Crippen LogP contribution in [-0.2, 0) is 16.1 Å². The molecule has 1 heterocycles. The standard InChI is InChI=1S/C19H22ClN3O4S/c1-11(17(26)21-13-4-2-3-5-13)28-19-22-15-10-12(20)6-7-14(15)18(27)23(19)9-8-16(24)25/h6-7,10-11,13H,2-5,8-9H2,1H3,(H,21,26)(H,24,25)/t11-/m1/s1. The summed E-state index contributed by atoms with van der Waals surface area (Å²) in [5, 5.41) is 12.7. The van der Waals surface area contributed by atoms with E-state index in [1.54, 1.807) is 25.1 Å². The molecular weight excluding hydrogens is 402 g/mol. The second-order valence-electron chi connectivity index (χ2n) is 6.91. The summed E-state index contributed by atoms with van der Waals surface area (Å²) in [7, 11) is 0. The highest BCUT2D eigenvalue weighted by Crippen LogP contribution is 2.25. The molecule has 0 radical (unpaired) electrons. The molecule has 3 rings (SSSR count). The van der Waals surface area contributed by atoms with Crippen LogP contribution in [0.1, 0.15) is 39.0 Å². The zero-order valence-corrected chi connectivity index (χ0v) is 17.1. The molecule has 2 N–H and O–H groups in total. The second-order valence-corrected chi connectivity index (χ2v) is 8.65. The average Bonchev–Trinajstić information content (AvgIpc) is 3.13. The number of hydrogen-bond acceptors (Lipinski definition) is 5. The zero-order chi connectivity index (χ0) is 20.3. The van der Waals surface area contributed by atoms with Gasteiger partial charge in [-0.15, -0.1) is 0 Å². The van der Waals surface area contributed by atoms with Crippen molar-refractivity contribution in [3.05, 3.63) is 33.6 Å². The first-order valence-corrected chi connectivity index (χ1v) is 10.5. The summed E-state index contributed by atoms with van der Waals surface area (Å²) in [6.45, 7) is 1.74. The lowest BCUT2D eigenvalue weighted by Gasteiger charge is -2.18. The number of carboxylic acid groups (broad SMARTS) is 1. The van der Waals surface area contributed by atoms with Crippen LogP contribution in [0.3, 0.4) is 0 Å². The summed E-state index contributed by atoms with van der Waals surface area (Å²) in [5.74, 6) is -1.12. The van der Waals surface area contributed by atoms with Crippen molar-refractivity contribution in [2.75, 3.05) is 0 Å². The van der Waals surface area contributed by atoms with Gasteiger partial charge in [0.05, 0.1) is 22.6 Å². The summed E-state index contributed by atoms with van der Waals surface area (Å²) >= 11 is 7.17. The number of carbonyl (C=O) groups is 2. The third-order valence-corrected chi connectivity index (χ3v) is 6.11. The molecule has 9 heteroatoms. The number of nitrogens with zero attached hydrogens (tertiary/aromatic N) is 2. The normalized spacial score (nSPS) is 15.6. The Labute approximate surface area is 171 Å². The highest BCUT2D eigenvalue weighted by molar-refractivity contribution is 8.00. The molecule has 1 aromatic heterocycles. The van der Waals surface area contributed by atoms with Crippen LogP contribution < -0.4 is 10.9 Å². The molecule has 1 aliphatic carbocycles. The van der Waals surface area contributed by atoms with Crippen molar-refractivity contribution in [1.29, 1.82) is 0 Å². The minimum Gasteiger partial charge on any atom is -0.481 e. The van der Waals surface area contributed by atoms with Gasteiger partial charge in [0, 0.05) is 17.6 Å². The SMILES string of the molecule is C[C@@H](Sc1nc2cc(Cl)ccc2c(=O)n1CCC(=O)O)C(=O)NC1CCCC1. The molecule has 1 aromatic carbocycles. The van der Waals surface area contributed by atoms with Gasteiger partial charge in [-0.25, -0.2) is 4.98 Å². The van der Waals surface area contributed by atoms with Crippen LogP contribution in [0.2, 0.25) is 5.02 Å². The van der Waals surface area contributed by atoms with Crippen molar-refractivity contribution in [2.45, 2.75) is 62.0 Å². The molecule has 1 saturated carbocycles. The van der Waals surface area contributed by atoms with Crippen molar-refractivity contribution in [2.24, 2.45) is 0 Å². The van der Waals surface area contributed by atoms with Crippen molar-refractivity contribution >= 4 is 46.1 Å². The maximum atomic E-state index is 12.9. The smallest absolute Gasteiger partial charge is 0.305 e. The molecule has 0 saturated heterocycles. The first kappa shape index (κ1) is 20.7. The Morgan fingerprint density at radius 3 is 2.79 bits per heavy atom. The molecular formula is C19H22ClN3O4S. The predicted octanol–water partition coefficient (Wildman–Crippen LogP) is 3.06. The van der Waals surface area contributed by atoms with Crippen molar-refractivity contribution in [3.63, 3.8) is 0 Å². The minimum atomic E-state index is -1.01. The van der Waals surface area contributed by atoms with E-state index in [4.69, 9.17) is 16.7 Å². The fourth-order valence-corrected chi connectivity index (χ4v) is 4.38. The first-order valence-electron chi connectivity index (χ1n) is 9.24. The maximum absolute atomic E-state index is 12.9. The molecule has 2 aromatic rings. The van der Waals surface area contributed by atoms with E-state index in [0.29, 0.717) is 21.1 Å². The molecule has 1 amide bonds. The molecule has 150 valence electrons. The topological polar surface area (TPSA) is 101 Å². The summed E-state index contributed by atoms with van der Waals surface area (Å²) in [6.07, 6.45) is 4.00. The number of carbonyl (C=O) groups excluding carboxylic acids is 1. The number of aliphatic carboxylic acids is 1. The lowest BCUT2D eigenvalue weighted by Crippen LogP contribution is -2.38. The van der Waals surface area contributed by atoms with Crippen LogP contribution in [0.15, 0.2) is 28.2 Å². The molecule has 0 spiro atoms. The number of hydrogen-bond donors (Lipinski definition) is 2.